The van der Waals surface area contributed by atoms with Gasteiger partial charge in [0.2, 0.25) is 5.91 Å². The molecule has 0 aliphatic carbocycles. The van der Waals surface area contributed by atoms with Gasteiger partial charge in [-0.25, -0.2) is 4.68 Å². The number of hydrogen-bond acceptors (Lipinski definition) is 6. The molecule has 2 aliphatic rings. The number of tetrazole rings is 1. The van der Waals surface area contributed by atoms with Crippen LogP contribution < -0.4 is 0 Å². The van der Waals surface area contributed by atoms with Crippen molar-refractivity contribution in [1.29, 1.82) is 0 Å². The first-order valence-electron chi connectivity index (χ1n) is 10.2. The van der Waals surface area contributed by atoms with E-state index in [2.05, 4.69) is 32.6 Å². The Labute approximate surface area is 165 Å². The molecule has 150 valence electrons. The molecule has 0 atom stereocenters. The number of likely N-dealkylation sites (tertiary alicyclic amines) is 2. The summed E-state index contributed by atoms with van der Waals surface area (Å²) in [6.45, 7) is 5.17. The van der Waals surface area contributed by atoms with Crippen LogP contribution in [0.3, 0.4) is 0 Å². The van der Waals surface area contributed by atoms with Crippen molar-refractivity contribution in [3.05, 3.63) is 41.7 Å². The standard InChI is InChI=1S/C20H28N6O2/c27-20(15-26-19(21-22-23-26)14-24-10-4-5-11-24)25-12-8-18(9-13-25)28-16-17-6-2-1-3-7-17/h1-3,6-7,18H,4-5,8-16H2. The van der Waals surface area contributed by atoms with Crippen LogP contribution in [0.4, 0.5) is 0 Å². The van der Waals surface area contributed by atoms with Gasteiger partial charge in [0.15, 0.2) is 5.82 Å². The number of carbonyl (C=O) groups excluding carboxylic acids is 1. The highest BCUT2D eigenvalue weighted by atomic mass is 16.5. The predicted molar refractivity (Wildman–Crippen MR) is 103 cm³/mol. The minimum absolute atomic E-state index is 0.0801. The highest BCUT2D eigenvalue weighted by Crippen LogP contribution is 2.16. The van der Waals surface area contributed by atoms with E-state index in [1.807, 2.05) is 23.1 Å². The van der Waals surface area contributed by atoms with Crippen LogP contribution in [0.5, 0.6) is 0 Å². The number of rotatable bonds is 7. The third kappa shape index (κ3) is 4.94. The molecule has 2 aliphatic heterocycles. The summed E-state index contributed by atoms with van der Waals surface area (Å²) >= 11 is 0. The number of amides is 1. The first-order chi connectivity index (χ1) is 13.8. The SMILES string of the molecule is O=C(Cn1nnnc1CN1CCCC1)N1CCC(OCc2ccccc2)CC1. The maximum atomic E-state index is 12.7. The molecule has 1 amide bonds. The monoisotopic (exact) mass is 384 g/mol. The van der Waals surface area contributed by atoms with Gasteiger partial charge in [0.1, 0.15) is 6.54 Å². The highest BCUT2D eigenvalue weighted by Gasteiger charge is 2.25. The van der Waals surface area contributed by atoms with E-state index in [1.165, 1.54) is 18.4 Å². The van der Waals surface area contributed by atoms with E-state index in [0.29, 0.717) is 6.61 Å². The zero-order chi connectivity index (χ0) is 19.2. The summed E-state index contributed by atoms with van der Waals surface area (Å²) in [7, 11) is 0. The number of carbonyl (C=O) groups is 1. The van der Waals surface area contributed by atoms with Crippen molar-refractivity contribution in [3.8, 4) is 0 Å². The second-order valence-corrected chi connectivity index (χ2v) is 7.61. The van der Waals surface area contributed by atoms with Gasteiger partial charge in [0.05, 0.1) is 19.3 Å². The van der Waals surface area contributed by atoms with Crippen molar-refractivity contribution in [3.63, 3.8) is 0 Å². The molecule has 2 aromatic rings. The fourth-order valence-electron chi connectivity index (χ4n) is 3.89. The largest absolute Gasteiger partial charge is 0.373 e. The third-order valence-electron chi connectivity index (χ3n) is 5.58. The molecule has 0 N–H and O–H groups in total. The Hall–Kier alpha value is -2.32. The van der Waals surface area contributed by atoms with Crippen molar-refractivity contribution in [2.45, 2.75) is 51.5 Å². The number of aromatic nitrogens is 4. The number of hydrogen-bond donors (Lipinski definition) is 0. The molecule has 0 saturated carbocycles. The highest BCUT2D eigenvalue weighted by molar-refractivity contribution is 5.76. The average Bonchev–Trinajstić information content (AvgIpc) is 3.40. The summed E-state index contributed by atoms with van der Waals surface area (Å²) < 4.78 is 7.67. The van der Waals surface area contributed by atoms with E-state index < -0.39 is 0 Å². The second kappa shape index (κ2) is 9.25. The van der Waals surface area contributed by atoms with E-state index in [-0.39, 0.29) is 18.6 Å². The van der Waals surface area contributed by atoms with Crippen LogP contribution in [0.2, 0.25) is 0 Å². The number of benzene rings is 1. The molecular formula is C20H28N6O2. The lowest BCUT2D eigenvalue weighted by Crippen LogP contribution is -2.42. The first kappa shape index (κ1) is 19.0. The molecule has 0 unspecified atom stereocenters. The Morgan fingerprint density at radius 1 is 1.07 bits per heavy atom. The lowest BCUT2D eigenvalue weighted by molar-refractivity contribution is -0.135. The molecule has 8 heteroatoms. The van der Waals surface area contributed by atoms with Crippen molar-refractivity contribution >= 4 is 5.91 Å². The van der Waals surface area contributed by atoms with E-state index >= 15 is 0 Å². The Bertz CT molecular complexity index is 751. The minimum Gasteiger partial charge on any atom is -0.373 e. The fraction of sp³-hybridized carbons (Fsp3) is 0.600. The van der Waals surface area contributed by atoms with E-state index in [9.17, 15) is 4.79 Å². The summed E-state index contributed by atoms with van der Waals surface area (Å²) in [5.41, 5.74) is 1.19. The molecule has 0 bridgehead atoms. The number of nitrogens with zero attached hydrogens (tertiary/aromatic N) is 6. The van der Waals surface area contributed by atoms with Crippen molar-refractivity contribution in [1.82, 2.24) is 30.0 Å². The summed E-state index contributed by atoms with van der Waals surface area (Å²) in [5.74, 6) is 0.854. The van der Waals surface area contributed by atoms with E-state index in [0.717, 1.165) is 51.4 Å². The minimum atomic E-state index is 0.0801. The molecule has 3 heterocycles. The van der Waals surface area contributed by atoms with Crippen LogP contribution in [0.25, 0.3) is 0 Å². The molecule has 1 aromatic carbocycles. The van der Waals surface area contributed by atoms with E-state index in [1.54, 1.807) is 4.68 Å². The van der Waals surface area contributed by atoms with Crippen LogP contribution in [0.1, 0.15) is 37.1 Å². The number of piperidine rings is 1. The van der Waals surface area contributed by atoms with Gasteiger partial charge in [0.25, 0.3) is 0 Å². The Balaban J connectivity index is 1.23. The van der Waals surface area contributed by atoms with Gasteiger partial charge in [-0.3, -0.25) is 9.69 Å². The predicted octanol–water partition coefficient (Wildman–Crippen LogP) is 1.48. The molecule has 4 rings (SSSR count). The van der Waals surface area contributed by atoms with Crippen molar-refractivity contribution < 1.29 is 9.53 Å². The Morgan fingerprint density at radius 2 is 1.82 bits per heavy atom. The van der Waals surface area contributed by atoms with Gasteiger partial charge in [-0.05, 0) is 54.8 Å². The van der Waals surface area contributed by atoms with Gasteiger partial charge in [-0.15, -0.1) is 5.10 Å². The molecule has 8 nitrogen and oxygen atoms in total. The summed E-state index contributed by atoms with van der Waals surface area (Å²) in [6, 6.07) is 10.2. The van der Waals surface area contributed by atoms with Crippen LogP contribution in [0, 0.1) is 0 Å². The quantitative estimate of drug-likeness (QED) is 0.720. The molecule has 1 aromatic heterocycles. The van der Waals surface area contributed by atoms with Crippen LogP contribution in [0.15, 0.2) is 30.3 Å². The van der Waals surface area contributed by atoms with Gasteiger partial charge >= 0.3 is 0 Å². The maximum Gasteiger partial charge on any atom is 0.244 e. The summed E-state index contributed by atoms with van der Waals surface area (Å²) in [5, 5.41) is 11.9. The Kier molecular flexibility index (Phi) is 6.28. The first-order valence-corrected chi connectivity index (χ1v) is 10.2. The summed E-state index contributed by atoms with van der Waals surface area (Å²) in [6.07, 6.45) is 4.40. The lowest BCUT2D eigenvalue weighted by atomic mass is 10.1. The summed E-state index contributed by atoms with van der Waals surface area (Å²) in [4.78, 5) is 16.9. The van der Waals surface area contributed by atoms with Crippen LogP contribution in [-0.4, -0.2) is 68.2 Å². The van der Waals surface area contributed by atoms with Gasteiger partial charge in [-0.1, -0.05) is 30.3 Å². The topological polar surface area (TPSA) is 76.4 Å². The van der Waals surface area contributed by atoms with Crippen molar-refractivity contribution in [2.75, 3.05) is 26.2 Å². The smallest absolute Gasteiger partial charge is 0.244 e. The molecule has 2 saturated heterocycles. The molecule has 0 radical (unpaired) electrons. The fourth-order valence-corrected chi connectivity index (χ4v) is 3.89. The average molecular weight is 384 g/mol. The number of ether oxygens (including phenoxy) is 1. The molecule has 2 fully saturated rings. The normalized spacial score (nSPS) is 18.6. The lowest BCUT2D eigenvalue weighted by Gasteiger charge is -2.32. The molecule has 28 heavy (non-hydrogen) atoms. The van der Waals surface area contributed by atoms with Gasteiger partial charge in [-0.2, -0.15) is 0 Å². The zero-order valence-electron chi connectivity index (χ0n) is 16.2. The van der Waals surface area contributed by atoms with Crippen LogP contribution in [-0.2, 0) is 29.2 Å². The van der Waals surface area contributed by atoms with E-state index in [4.69, 9.17) is 4.74 Å². The Morgan fingerprint density at radius 3 is 2.57 bits per heavy atom. The third-order valence-corrected chi connectivity index (χ3v) is 5.58. The van der Waals surface area contributed by atoms with Crippen LogP contribution >= 0.6 is 0 Å². The zero-order valence-corrected chi connectivity index (χ0v) is 16.2. The van der Waals surface area contributed by atoms with Gasteiger partial charge < -0.3 is 9.64 Å². The second-order valence-electron chi connectivity index (χ2n) is 7.61. The van der Waals surface area contributed by atoms with Crippen molar-refractivity contribution in [2.24, 2.45) is 0 Å². The maximum absolute atomic E-state index is 12.7. The molecular weight excluding hydrogens is 356 g/mol. The molecule has 0 spiro atoms. The van der Waals surface area contributed by atoms with Gasteiger partial charge in [0, 0.05) is 13.1 Å².